The maximum atomic E-state index is 13.5. The molecule has 9 heteroatoms. The molecule has 8 nitrogen and oxygen atoms in total. The average molecular weight is 460 g/mol. The van der Waals surface area contributed by atoms with Gasteiger partial charge in [-0.05, 0) is 37.6 Å². The Balaban J connectivity index is 1.61. The molecule has 2 aliphatic heterocycles. The van der Waals surface area contributed by atoms with Crippen molar-refractivity contribution in [3.05, 3.63) is 58.2 Å². The number of likely N-dealkylation sites (N-methyl/N-ethyl adjacent to an activating group) is 1. The second-order valence-corrected chi connectivity index (χ2v) is 8.79. The predicted octanol–water partition coefficient (Wildman–Crippen LogP) is 3.09. The second kappa shape index (κ2) is 7.90. The van der Waals surface area contributed by atoms with E-state index in [0.29, 0.717) is 16.5 Å². The maximum absolute atomic E-state index is 13.5. The lowest BCUT2D eigenvalue weighted by Gasteiger charge is -2.39. The molecule has 0 fully saturated rings. The number of benzene rings is 1. The summed E-state index contributed by atoms with van der Waals surface area (Å²) in [6.07, 6.45) is 3.46. The maximum Gasteiger partial charge on any atom is 0.239 e. The normalized spacial score (nSPS) is 21.4. The van der Waals surface area contributed by atoms with Crippen LogP contribution < -0.4 is 15.2 Å². The minimum Gasteiger partial charge on any atom is -0.454 e. The molecule has 1 amide bonds. The summed E-state index contributed by atoms with van der Waals surface area (Å²) in [4.78, 5) is 28.7. The average Bonchev–Trinajstić information content (AvgIpc) is 3.48. The highest BCUT2D eigenvalue weighted by atomic mass is 32.1. The Morgan fingerprint density at radius 3 is 2.88 bits per heavy atom. The first kappa shape index (κ1) is 21.0. The van der Waals surface area contributed by atoms with Crippen LogP contribution in [0.3, 0.4) is 0 Å². The summed E-state index contributed by atoms with van der Waals surface area (Å²) in [5.74, 6) is 6.50. The van der Waals surface area contributed by atoms with Crippen LogP contribution in [0.5, 0.6) is 11.5 Å². The van der Waals surface area contributed by atoms with Crippen LogP contribution in [0.15, 0.2) is 47.0 Å². The smallest absolute Gasteiger partial charge is 0.239 e. The number of aliphatic imine (C=N–C) groups is 1. The number of ether oxygens (including phenoxy) is 2. The molecule has 0 saturated carbocycles. The molecule has 2 aromatic heterocycles. The predicted molar refractivity (Wildman–Crippen MR) is 125 cm³/mol. The van der Waals surface area contributed by atoms with E-state index in [1.54, 1.807) is 26.4 Å². The fraction of sp³-hybridized carbons (Fsp3) is 0.250. The van der Waals surface area contributed by atoms with E-state index < -0.39 is 11.5 Å². The zero-order chi connectivity index (χ0) is 23.2. The molecule has 2 aliphatic rings. The van der Waals surface area contributed by atoms with Crippen molar-refractivity contribution < 1.29 is 14.3 Å². The Morgan fingerprint density at radius 2 is 2.06 bits per heavy atom. The summed E-state index contributed by atoms with van der Waals surface area (Å²) < 4.78 is 11.0. The number of guanidine groups is 1. The molecule has 3 aromatic rings. The van der Waals surface area contributed by atoms with Crippen molar-refractivity contribution in [3.63, 3.8) is 0 Å². The highest BCUT2D eigenvalue weighted by molar-refractivity contribution is 7.10. The quantitative estimate of drug-likeness (QED) is 0.604. The van der Waals surface area contributed by atoms with Crippen LogP contribution in [0.4, 0.5) is 0 Å². The molecule has 166 valence electrons. The van der Waals surface area contributed by atoms with Crippen molar-refractivity contribution in [1.82, 2.24) is 14.9 Å². The van der Waals surface area contributed by atoms with Crippen molar-refractivity contribution in [2.24, 2.45) is 10.7 Å². The summed E-state index contributed by atoms with van der Waals surface area (Å²) in [5, 5.41) is 2.61. The lowest BCUT2D eigenvalue weighted by Crippen LogP contribution is -2.52. The number of nitrogens with zero attached hydrogens (tertiary/aromatic N) is 4. The minimum absolute atomic E-state index is 0.151. The summed E-state index contributed by atoms with van der Waals surface area (Å²) in [6, 6.07) is 7.45. The molecule has 0 radical (unpaired) electrons. The van der Waals surface area contributed by atoms with Gasteiger partial charge in [0.25, 0.3) is 0 Å². The van der Waals surface area contributed by atoms with Crippen LogP contribution in [-0.4, -0.2) is 40.6 Å². The summed E-state index contributed by atoms with van der Waals surface area (Å²) in [5.41, 5.74) is 8.30. The van der Waals surface area contributed by atoms with Crippen molar-refractivity contribution in [2.75, 3.05) is 13.8 Å². The Bertz CT molecular complexity index is 1360. The van der Waals surface area contributed by atoms with E-state index >= 15 is 0 Å². The number of carbonyl (C=O) groups is 1. The third kappa shape index (κ3) is 3.49. The fourth-order valence-electron chi connectivity index (χ4n) is 4.09. The van der Waals surface area contributed by atoms with Crippen LogP contribution in [0.1, 0.15) is 35.9 Å². The zero-order valence-electron chi connectivity index (χ0n) is 18.3. The van der Waals surface area contributed by atoms with Crippen LogP contribution in [-0.2, 0) is 10.3 Å². The van der Waals surface area contributed by atoms with Gasteiger partial charge in [0.05, 0.1) is 11.6 Å². The summed E-state index contributed by atoms with van der Waals surface area (Å²) in [6.45, 7) is 3.83. The molecule has 0 aliphatic carbocycles. The first-order valence-electron chi connectivity index (χ1n) is 10.3. The van der Waals surface area contributed by atoms with Gasteiger partial charge >= 0.3 is 0 Å². The molecule has 0 bridgehead atoms. The highest BCUT2D eigenvalue weighted by Crippen LogP contribution is 2.47. The zero-order valence-corrected chi connectivity index (χ0v) is 19.1. The highest BCUT2D eigenvalue weighted by Gasteiger charge is 2.49. The number of aromatic nitrogens is 2. The molecule has 0 unspecified atom stereocenters. The summed E-state index contributed by atoms with van der Waals surface area (Å²) >= 11 is 1.43. The van der Waals surface area contributed by atoms with Gasteiger partial charge in [-0.25, -0.2) is 9.98 Å². The Kier molecular flexibility index (Phi) is 5.02. The van der Waals surface area contributed by atoms with Crippen LogP contribution in [0.2, 0.25) is 0 Å². The van der Waals surface area contributed by atoms with E-state index in [1.165, 1.54) is 16.2 Å². The first-order chi connectivity index (χ1) is 15.9. The standard InChI is InChI=1S/C24H21N5O3S/c1-4-5-14-8-16(11-26-10-14)17-12-33-22(27-17)24(2)20(21(30)29(3)23(25)28-24)15-6-7-18-19(9-15)32-13-31-18/h6-12,20H,13H2,1-3H3,(H2,25,28)/t20-,24-/m0/s1. The lowest BCUT2D eigenvalue weighted by molar-refractivity contribution is -0.130. The first-order valence-corrected chi connectivity index (χ1v) is 11.2. The molecular weight excluding hydrogens is 438 g/mol. The van der Waals surface area contributed by atoms with E-state index in [-0.39, 0.29) is 18.7 Å². The number of nitrogens with two attached hydrogens (primary N) is 1. The number of amides is 1. The number of pyridine rings is 1. The Labute approximate surface area is 195 Å². The van der Waals surface area contributed by atoms with Gasteiger partial charge in [0.1, 0.15) is 10.5 Å². The van der Waals surface area contributed by atoms with E-state index in [4.69, 9.17) is 25.2 Å². The van der Waals surface area contributed by atoms with E-state index in [0.717, 1.165) is 22.4 Å². The number of hydrogen-bond acceptors (Lipinski definition) is 8. The number of hydrogen-bond donors (Lipinski definition) is 1. The SMILES string of the molecule is CC#Cc1cncc(-c2csc([C@@]3(C)N=C(N)N(C)C(=O)[C@@H]3c3ccc4c(c3)OCO4)n2)c1. The Morgan fingerprint density at radius 1 is 1.24 bits per heavy atom. The second-order valence-electron chi connectivity index (χ2n) is 7.94. The molecule has 33 heavy (non-hydrogen) atoms. The molecule has 2 N–H and O–H groups in total. The van der Waals surface area contributed by atoms with Crippen LogP contribution in [0, 0.1) is 11.8 Å². The largest absolute Gasteiger partial charge is 0.454 e. The van der Waals surface area contributed by atoms with Gasteiger partial charge in [-0.1, -0.05) is 12.0 Å². The number of thiazole rings is 1. The van der Waals surface area contributed by atoms with Gasteiger partial charge in [0.2, 0.25) is 12.7 Å². The molecule has 1 aromatic carbocycles. The van der Waals surface area contributed by atoms with Crippen molar-refractivity contribution in [2.45, 2.75) is 25.3 Å². The fourth-order valence-corrected chi connectivity index (χ4v) is 5.05. The van der Waals surface area contributed by atoms with E-state index in [2.05, 4.69) is 16.8 Å². The van der Waals surface area contributed by atoms with E-state index in [9.17, 15) is 4.79 Å². The third-order valence-corrected chi connectivity index (χ3v) is 6.87. The molecule has 5 rings (SSSR count). The van der Waals surface area contributed by atoms with Crippen LogP contribution in [0.25, 0.3) is 11.3 Å². The molecule has 2 atom stereocenters. The van der Waals surface area contributed by atoms with Gasteiger partial charge in [0, 0.05) is 35.9 Å². The van der Waals surface area contributed by atoms with Crippen molar-refractivity contribution in [1.29, 1.82) is 0 Å². The van der Waals surface area contributed by atoms with Crippen molar-refractivity contribution in [3.8, 4) is 34.6 Å². The number of carbonyl (C=O) groups excluding carboxylic acids is 1. The summed E-state index contributed by atoms with van der Waals surface area (Å²) in [7, 11) is 1.62. The van der Waals surface area contributed by atoms with Gasteiger partial charge < -0.3 is 15.2 Å². The molecule has 4 heterocycles. The van der Waals surface area contributed by atoms with Gasteiger partial charge in [-0.3, -0.25) is 14.7 Å². The molecule has 0 spiro atoms. The van der Waals surface area contributed by atoms with Crippen molar-refractivity contribution >= 4 is 23.2 Å². The molecular formula is C24H21N5O3S. The third-order valence-electron chi connectivity index (χ3n) is 5.80. The van der Waals surface area contributed by atoms with Crippen LogP contribution >= 0.6 is 11.3 Å². The monoisotopic (exact) mass is 459 g/mol. The lowest BCUT2D eigenvalue weighted by atomic mass is 9.79. The Hall–Kier alpha value is -3.90. The van der Waals surface area contributed by atoms with Gasteiger partial charge in [0.15, 0.2) is 17.5 Å². The van der Waals surface area contributed by atoms with E-state index in [1.807, 2.05) is 36.6 Å². The van der Waals surface area contributed by atoms with Gasteiger partial charge in [-0.15, -0.1) is 17.3 Å². The number of rotatable bonds is 3. The number of fused-ring (bicyclic) bond motifs is 1. The molecule has 0 saturated heterocycles. The van der Waals surface area contributed by atoms with Gasteiger partial charge in [-0.2, -0.15) is 0 Å². The topological polar surface area (TPSA) is 103 Å². The minimum atomic E-state index is -1.00.